The van der Waals surface area contributed by atoms with Crippen LogP contribution in [-0.4, -0.2) is 73.6 Å². The van der Waals surface area contributed by atoms with Gasteiger partial charge < -0.3 is 29.9 Å². The zero-order chi connectivity index (χ0) is 25.5. The third kappa shape index (κ3) is 6.73. The minimum Gasteiger partial charge on any atom is -0.491 e. The number of hydrogen-bond donors (Lipinski definition) is 2. The van der Waals surface area contributed by atoms with E-state index in [0.717, 1.165) is 0 Å². The smallest absolute Gasteiger partial charge is 0.323 e. The van der Waals surface area contributed by atoms with Gasteiger partial charge in [0, 0.05) is 57.5 Å². The van der Waals surface area contributed by atoms with E-state index in [0.29, 0.717) is 35.8 Å². The van der Waals surface area contributed by atoms with Crippen molar-refractivity contribution in [3.63, 3.8) is 0 Å². The van der Waals surface area contributed by atoms with Gasteiger partial charge in [0.25, 0.3) is 5.91 Å². The van der Waals surface area contributed by atoms with E-state index in [4.69, 9.17) is 9.47 Å². The number of ether oxygens (including phenoxy) is 2. The first-order chi connectivity index (χ1) is 16.7. The average molecular weight is 483 g/mol. The molecule has 35 heavy (non-hydrogen) atoms. The molecule has 1 aliphatic rings. The molecule has 2 aromatic carbocycles. The molecule has 4 amide bonds. The Morgan fingerprint density at radius 3 is 2.37 bits per heavy atom. The van der Waals surface area contributed by atoms with Crippen LogP contribution in [0.4, 0.5) is 16.2 Å². The van der Waals surface area contributed by atoms with Crippen LogP contribution >= 0.6 is 0 Å². The zero-order valence-corrected chi connectivity index (χ0v) is 20.9. The molecule has 0 fully saturated rings. The summed E-state index contributed by atoms with van der Waals surface area (Å²) in [4.78, 5) is 41.4. The summed E-state index contributed by atoms with van der Waals surface area (Å²) in [6.07, 6.45) is -0.246. The maximum atomic E-state index is 13.3. The number of anilines is 2. The van der Waals surface area contributed by atoms with Gasteiger partial charge in [0.2, 0.25) is 5.91 Å². The zero-order valence-electron chi connectivity index (χ0n) is 20.9. The van der Waals surface area contributed by atoms with E-state index in [1.807, 2.05) is 32.0 Å². The van der Waals surface area contributed by atoms with Crippen molar-refractivity contribution in [2.75, 3.05) is 44.5 Å². The number of nitrogens with one attached hydrogen (secondary N) is 2. The lowest BCUT2D eigenvalue weighted by Crippen LogP contribution is -2.48. The number of carbonyl (C=O) groups excluding carboxylic acids is 3. The molecule has 1 heterocycles. The van der Waals surface area contributed by atoms with Crippen LogP contribution < -0.4 is 15.4 Å². The Hall–Kier alpha value is -3.59. The highest BCUT2D eigenvalue weighted by Gasteiger charge is 2.29. The van der Waals surface area contributed by atoms with Crippen LogP contribution in [0.5, 0.6) is 5.75 Å². The normalized spacial score (nSPS) is 21.2. The van der Waals surface area contributed by atoms with Gasteiger partial charge in [0.05, 0.1) is 17.7 Å². The van der Waals surface area contributed by atoms with Gasteiger partial charge in [-0.3, -0.25) is 9.59 Å². The summed E-state index contributed by atoms with van der Waals surface area (Å²) in [5.41, 5.74) is 1.50. The number of benzene rings is 2. The number of para-hydroxylation sites is 1. The summed E-state index contributed by atoms with van der Waals surface area (Å²) in [6, 6.07) is 13.4. The molecule has 0 spiro atoms. The first-order valence-electron chi connectivity index (χ1n) is 11.6. The molecule has 3 rings (SSSR count). The van der Waals surface area contributed by atoms with Crippen molar-refractivity contribution in [2.45, 2.75) is 32.9 Å². The molecule has 0 saturated heterocycles. The number of likely N-dealkylation sites (N-methyl/N-ethyl adjacent to an activating group) is 1. The highest BCUT2D eigenvalue weighted by molar-refractivity contribution is 6.01. The van der Waals surface area contributed by atoms with Crippen LogP contribution in [0.15, 0.2) is 48.5 Å². The Kier molecular flexibility index (Phi) is 8.70. The molecule has 0 aliphatic carbocycles. The molecule has 2 aromatic rings. The number of methoxy groups -OCH3 is 1. The van der Waals surface area contributed by atoms with Crippen molar-refractivity contribution in [3.05, 3.63) is 54.1 Å². The SMILES string of the molecule is CO[C@H]1CN(C)C(=O)c2ccc(NC(=O)Nc3ccccc3)cc2OC[C@@H](C)N(C(C)=O)C[C@H]1C. The summed E-state index contributed by atoms with van der Waals surface area (Å²) >= 11 is 0. The Labute approximate surface area is 206 Å². The second kappa shape index (κ2) is 11.7. The monoisotopic (exact) mass is 482 g/mol. The quantitative estimate of drug-likeness (QED) is 0.695. The summed E-state index contributed by atoms with van der Waals surface area (Å²) in [5.74, 6) is 0.0659. The van der Waals surface area contributed by atoms with E-state index >= 15 is 0 Å². The predicted octanol–water partition coefficient (Wildman–Crippen LogP) is 3.68. The number of fused-ring (bicyclic) bond motifs is 1. The van der Waals surface area contributed by atoms with Crippen LogP contribution in [0.3, 0.4) is 0 Å². The third-order valence-corrected chi connectivity index (χ3v) is 6.14. The lowest BCUT2D eigenvalue weighted by Gasteiger charge is -2.35. The van der Waals surface area contributed by atoms with E-state index in [2.05, 4.69) is 10.6 Å². The number of nitrogens with zero attached hydrogens (tertiary/aromatic N) is 2. The van der Waals surface area contributed by atoms with E-state index in [1.54, 1.807) is 54.3 Å². The summed E-state index contributed by atoms with van der Waals surface area (Å²) in [6.45, 7) is 6.48. The third-order valence-electron chi connectivity index (χ3n) is 6.14. The lowest BCUT2D eigenvalue weighted by molar-refractivity contribution is -0.133. The van der Waals surface area contributed by atoms with Gasteiger partial charge in [-0.25, -0.2) is 4.79 Å². The maximum absolute atomic E-state index is 13.3. The summed E-state index contributed by atoms with van der Waals surface area (Å²) in [7, 11) is 3.32. The van der Waals surface area contributed by atoms with Gasteiger partial charge in [-0.1, -0.05) is 25.1 Å². The largest absolute Gasteiger partial charge is 0.491 e. The molecule has 0 bridgehead atoms. The lowest BCUT2D eigenvalue weighted by atomic mass is 10.0. The van der Waals surface area contributed by atoms with Gasteiger partial charge in [-0.2, -0.15) is 0 Å². The molecule has 2 N–H and O–H groups in total. The molecule has 9 heteroatoms. The van der Waals surface area contributed by atoms with Crippen molar-refractivity contribution in [1.29, 1.82) is 0 Å². The van der Waals surface area contributed by atoms with Crippen LogP contribution in [0, 0.1) is 5.92 Å². The fourth-order valence-electron chi connectivity index (χ4n) is 4.10. The second-order valence-corrected chi connectivity index (χ2v) is 8.92. The standard InChI is InChI=1S/C26H34N4O5/c1-17-14-30(19(3)31)18(2)16-35-23-13-21(28-26(33)27-20-9-7-6-8-10-20)11-12-22(23)25(32)29(4)15-24(17)34-5/h6-13,17-18,24H,14-16H2,1-5H3,(H2,27,28,33)/t17-,18-,24+/m1/s1. The minimum atomic E-state index is -0.416. The Morgan fingerprint density at radius 2 is 1.71 bits per heavy atom. The van der Waals surface area contributed by atoms with Crippen molar-refractivity contribution in [2.24, 2.45) is 5.92 Å². The second-order valence-electron chi connectivity index (χ2n) is 8.92. The van der Waals surface area contributed by atoms with Crippen LogP contribution in [0.2, 0.25) is 0 Å². The highest BCUT2D eigenvalue weighted by atomic mass is 16.5. The first kappa shape index (κ1) is 26.0. The van der Waals surface area contributed by atoms with Crippen molar-refractivity contribution in [1.82, 2.24) is 9.80 Å². The molecule has 0 radical (unpaired) electrons. The molecule has 1 aliphatic heterocycles. The van der Waals surface area contributed by atoms with Crippen molar-refractivity contribution < 1.29 is 23.9 Å². The molecule has 0 unspecified atom stereocenters. The van der Waals surface area contributed by atoms with Crippen LogP contribution in [0.25, 0.3) is 0 Å². The fraction of sp³-hybridized carbons (Fsp3) is 0.423. The molecule has 9 nitrogen and oxygen atoms in total. The van der Waals surface area contributed by atoms with Crippen LogP contribution in [-0.2, 0) is 9.53 Å². The number of amides is 4. The molecular weight excluding hydrogens is 448 g/mol. The Bertz CT molecular complexity index is 1050. The van der Waals surface area contributed by atoms with E-state index in [1.165, 1.54) is 6.92 Å². The van der Waals surface area contributed by atoms with Crippen molar-refractivity contribution >= 4 is 29.2 Å². The number of urea groups is 1. The maximum Gasteiger partial charge on any atom is 0.323 e. The number of rotatable bonds is 3. The average Bonchev–Trinajstić information content (AvgIpc) is 2.83. The predicted molar refractivity (Wildman–Crippen MR) is 135 cm³/mol. The highest BCUT2D eigenvalue weighted by Crippen LogP contribution is 2.27. The van der Waals surface area contributed by atoms with E-state index < -0.39 is 6.03 Å². The van der Waals surface area contributed by atoms with Crippen molar-refractivity contribution in [3.8, 4) is 5.75 Å². The Balaban J connectivity index is 1.88. The van der Waals surface area contributed by atoms with Gasteiger partial charge in [0.15, 0.2) is 0 Å². The molecule has 3 atom stereocenters. The number of carbonyl (C=O) groups is 3. The topological polar surface area (TPSA) is 100 Å². The summed E-state index contributed by atoms with van der Waals surface area (Å²) < 4.78 is 11.7. The molecule has 0 saturated carbocycles. The van der Waals surface area contributed by atoms with Crippen LogP contribution in [0.1, 0.15) is 31.1 Å². The number of hydrogen-bond acceptors (Lipinski definition) is 5. The van der Waals surface area contributed by atoms with Gasteiger partial charge in [-0.05, 0) is 31.2 Å². The fourth-order valence-corrected chi connectivity index (χ4v) is 4.10. The molecule has 188 valence electrons. The molecule has 0 aromatic heterocycles. The Morgan fingerprint density at radius 1 is 1.03 bits per heavy atom. The van der Waals surface area contributed by atoms with E-state index in [9.17, 15) is 14.4 Å². The minimum absolute atomic E-state index is 0.00944. The van der Waals surface area contributed by atoms with E-state index in [-0.39, 0.29) is 36.5 Å². The van der Waals surface area contributed by atoms with Gasteiger partial charge >= 0.3 is 6.03 Å². The molecular formula is C26H34N4O5. The van der Waals surface area contributed by atoms with Gasteiger partial charge in [0.1, 0.15) is 12.4 Å². The summed E-state index contributed by atoms with van der Waals surface area (Å²) in [5, 5.41) is 5.53. The van der Waals surface area contributed by atoms with Gasteiger partial charge in [-0.15, -0.1) is 0 Å². The first-order valence-corrected chi connectivity index (χ1v) is 11.6.